The largest absolute Gasteiger partial charge is 0.481 e. The molecule has 1 aromatic carbocycles. The zero-order valence-corrected chi connectivity index (χ0v) is 10.6. The highest BCUT2D eigenvalue weighted by molar-refractivity contribution is 8.00. The Hall–Kier alpha value is -1.10. The lowest BCUT2D eigenvalue weighted by atomic mass is 9.89. The molecule has 18 heavy (non-hydrogen) atoms. The Morgan fingerprint density at radius 3 is 2.61 bits per heavy atom. The van der Waals surface area contributed by atoms with Crippen LogP contribution in [0.5, 0.6) is 0 Å². The van der Waals surface area contributed by atoms with Gasteiger partial charge in [-0.3, -0.25) is 4.79 Å². The molecule has 1 aromatic rings. The van der Waals surface area contributed by atoms with Crippen molar-refractivity contribution in [3.8, 4) is 0 Å². The second-order valence-corrected chi connectivity index (χ2v) is 5.77. The van der Waals surface area contributed by atoms with E-state index in [1.165, 1.54) is 17.8 Å². The van der Waals surface area contributed by atoms with Gasteiger partial charge >= 0.3 is 5.97 Å². The van der Waals surface area contributed by atoms with Crippen molar-refractivity contribution in [3.05, 3.63) is 29.8 Å². The summed E-state index contributed by atoms with van der Waals surface area (Å²) in [5, 5.41) is 9.08. The molecule has 1 fully saturated rings. The minimum Gasteiger partial charge on any atom is -0.481 e. The molecule has 98 valence electrons. The molecule has 1 N–H and O–H groups in total. The van der Waals surface area contributed by atoms with Gasteiger partial charge < -0.3 is 5.11 Å². The molecule has 2 unspecified atom stereocenters. The zero-order valence-electron chi connectivity index (χ0n) is 9.73. The molecule has 0 spiro atoms. The lowest BCUT2D eigenvalue weighted by molar-refractivity contribution is -0.142. The predicted molar refractivity (Wildman–Crippen MR) is 65.6 cm³/mol. The van der Waals surface area contributed by atoms with E-state index in [0.717, 1.165) is 31.4 Å². The maximum atomic E-state index is 13.1. The van der Waals surface area contributed by atoms with Gasteiger partial charge in [-0.1, -0.05) is 12.8 Å². The highest BCUT2D eigenvalue weighted by Crippen LogP contribution is 2.37. The van der Waals surface area contributed by atoms with E-state index in [1.54, 1.807) is 0 Å². The van der Waals surface area contributed by atoms with Crippen LogP contribution in [-0.4, -0.2) is 16.3 Å². The smallest absolute Gasteiger partial charge is 0.307 e. The number of carboxylic acid groups (broad SMARTS) is 1. The summed E-state index contributed by atoms with van der Waals surface area (Å²) in [5.41, 5.74) is 0. The monoisotopic (exact) mass is 272 g/mol. The fourth-order valence-electron chi connectivity index (χ4n) is 2.25. The molecular weight excluding hydrogens is 258 g/mol. The molecule has 2 atom stereocenters. The van der Waals surface area contributed by atoms with Gasteiger partial charge in [-0.2, -0.15) is 0 Å². The predicted octanol–water partition coefficient (Wildman–Crippen LogP) is 3.70. The summed E-state index contributed by atoms with van der Waals surface area (Å²) >= 11 is 1.34. The number of benzene rings is 1. The van der Waals surface area contributed by atoms with Crippen molar-refractivity contribution >= 4 is 17.7 Å². The number of rotatable bonds is 3. The van der Waals surface area contributed by atoms with Gasteiger partial charge in [0.1, 0.15) is 0 Å². The summed E-state index contributed by atoms with van der Waals surface area (Å²) in [6, 6.07) is 3.71. The first-order valence-electron chi connectivity index (χ1n) is 5.92. The van der Waals surface area contributed by atoms with Gasteiger partial charge in [0, 0.05) is 10.1 Å². The molecule has 1 aliphatic rings. The summed E-state index contributed by atoms with van der Waals surface area (Å²) in [6.45, 7) is 0. The third-order valence-electron chi connectivity index (χ3n) is 3.20. The van der Waals surface area contributed by atoms with Crippen molar-refractivity contribution in [1.82, 2.24) is 0 Å². The Balaban J connectivity index is 2.10. The second-order valence-electron chi connectivity index (χ2n) is 4.46. The molecular formula is C13H14F2O2S. The summed E-state index contributed by atoms with van der Waals surface area (Å²) in [6.07, 6.45) is 3.38. The minimum atomic E-state index is -0.886. The van der Waals surface area contributed by atoms with Crippen LogP contribution in [0.25, 0.3) is 0 Å². The van der Waals surface area contributed by atoms with Gasteiger partial charge in [0.05, 0.1) is 5.92 Å². The zero-order chi connectivity index (χ0) is 13.1. The van der Waals surface area contributed by atoms with Crippen LogP contribution in [-0.2, 0) is 4.79 Å². The standard InChI is InChI=1S/C13H14F2O2S/c14-10-6-5-8(7-11(10)15)18-12-4-2-1-3-9(12)13(16)17/h5-7,9,12H,1-4H2,(H,16,17). The van der Waals surface area contributed by atoms with E-state index < -0.39 is 23.5 Å². The van der Waals surface area contributed by atoms with Gasteiger partial charge in [0.25, 0.3) is 0 Å². The van der Waals surface area contributed by atoms with Crippen molar-refractivity contribution in [3.63, 3.8) is 0 Å². The lowest BCUT2D eigenvalue weighted by Gasteiger charge is -2.27. The van der Waals surface area contributed by atoms with Crippen molar-refractivity contribution in [2.45, 2.75) is 35.8 Å². The van der Waals surface area contributed by atoms with Crippen LogP contribution in [0.4, 0.5) is 8.78 Å². The van der Waals surface area contributed by atoms with Gasteiger partial charge in [0.2, 0.25) is 0 Å². The summed E-state index contributed by atoms with van der Waals surface area (Å²) < 4.78 is 25.9. The molecule has 0 radical (unpaired) electrons. The summed E-state index contributed by atoms with van der Waals surface area (Å²) in [7, 11) is 0. The van der Waals surface area contributed by atoms with E-state index in [2.05, 4.69) is 0 Å². The Kier molecular flexibility index (Phi) is 4.22. The van der Waals surface area contributed by atoms with E-state index in [1.807, 2.05) is 0 Å². The topological polar surface area (TPSA) is 37.3 Å². The fourth-order valence-corrected chi connectivity index (χ4v) is 3.61. The van der Waals surface area contributed by atoms with E-state index in [4.69, 9.17) is 5.11 Å². The van der Waals surface area contributed by atoms with Crippen LogP contribution in [0.15, 0.2) is 23.1 Å². The van der Waals surface area contributed by atoms with Gasteiger partial charge in [-0.15, -0.1) is 11.8 Å². The van der Waals surface area contributed by atoms with Crippen molar-refractivity contribution in [2.24, 2.45) is 5.92 Å². The van der Waals surface area contributed by atoms with Gasteiger partial charge in [-0.25, -0.2) is 8.78 Å². The molecule has 2 rings (SSSR count). The van der Waals surface area contributed by atoms with Crippen LogP contribution < -0.4 is 0 Å². The summed E-state index contributed by atoms with van der Waals surface area (Å²) in [5.74, 6) is -2.95. The molecule has 0 aliphatic heterocycles. The molecule has 5 heteroatoms. The van der Waals surface area contributed by atoms with Crippen LogP contribution in [0.2, 0.25) is 0 Å². The van der Waals surface area contributed by atoms with E-state index in [9.17, 15) is 13.6 Å². The number of thioether (sulfide) groups is 1. The van der Waals surface area contributed by atoms with Crippen LogP contribution in [0, 0.1) is 17.6 Å². The first kappa shape index (κ1) is 13.3. The van der Waals surface area contributed by atoms with Gasteiger partial charge in [0.15, 0.2) is 11.6 Å². The SMILES string of the molecule is O=C(O)C1CCCCC1Sc1ccc(F)c(F)c1. The number of hydrogen-bond acceptors (Lipinski definition) is 2. The first-order chi connectivity index (χ1) is 8.58. The highest BCUT2D eigenvalue weighted by Gasteiger charge is 2.31. The number of carbonyl (C=O) groups is 1. The highest BCUT2D eigenvalue weighted by atomic mass is 32.2. The van der Waals surface area contributed by atoms with E-state index in [0.29, 0.717) is 11.3 Å². The first-order valence-corrected chi connectivity index (χ1v) is 6.80. The van der Waals surface area contributed by atoms with Crippen molar-refractivity contribution in [1.29, 1.82) is 0 Å². The number of halogens is 2. The molecule has 1 aliphatic carbocycles. The third kappa shape index (κ3) is 3.02. The Labute approximate surface area is 108 Å². The minimum absolute atomic E-state index is 0.0545. The quantitative estimate of drug-likeness (QED) is 0.911. The van der Waals surface area contributed by atoms with E-state index >= 15 is 0 Å². The molecule has 0 bridgehead atoms. The molecule has 0 aromatic heterocycles. The number of aliphatic carboxylic acids is 1. The number of carboxylic acids is 1. The molecule has 1 saturated carbocycles. The average molecular weight is 272 g/mol. The molecule has 0 heterocycles. The summed E-state index contributed by atoms with van der Waals surface area (Å²) in [4.78, 5) is 11.7. The van der Waals surface area contributed by atoms with Crippen LogP contribution in [0.1, 0.15) is 25.7 Å². The molecule has 0 amide bonds. The van der Waals surface area contributed by atoms with Gasteiger partial charge in [-0.05, 0) is 31.0 Å². The Morgan fingerprint density at radius 2 is 1.94 bits per heavy atom. The number of hydrogen-bond donors (Lipinski definition) is 1. The normalized spacial score (nSPS) is 23.9. The third-order valence-corrected chi connectivity index (χ3v) is 4.59. The Bertz CT molecular complexity index is 451. The molecule has 2 nitrogen and oxygen atoms in total. The lowest BCUT2D eigenvalue weighted by Crippen LogP contribution is -2.28. The Morgan fingerprint density at radius 1 is 1.22 bits per heavy atom. The fraction of sp³-hybridized carbons (Fsp3) is 0.462. The second kappa shape index (κ2) is 5.69. The van der Waals surface area contributed by atoms with Crippen LogP contribution >= 0.6 is 11.8 Å². The van der Waals surface area contributed by atoms with Crippen LogP contribution in [0.3, 0.4) is 0 Å². The van der Waals surface area contributed by atoms with E-state index in [-0.39, 0.29) is 5.25 Å². The van der Waals surface area contributed by atoms with Crippen molar-refractivity contribution in [2.75, 3.05) is 0 Å². The maximum absolute atomic E-state index is 13.1. The van der Waals surface area contributed by atoms with Crippen molar-refractivity contribution < 1.29 is 18.7 Å². The molecule has 0 saturated heterocycles. The average Bonchev–Trinajstić information content (AvgIpc) is 2.34. The maximum Gasteiger partial charge on any atom is 0.307 e.